The van der Waals surface area contributed by atoms with E-state index < -0.39 is 11.8 Å². The Morgan fingerprint density at radius 1 is 1.59 bits per heavy atom. The van der Waals surface area contributed by atoms with Gasteiger partial charge in [-0.15, -0.1) is 0 Å². The number of nitrogens with one attached hydrogen (secondary N) is 1. The summed E-state index contributed by atoms with van der Waals surface area (Å²) in [7, 11) is 0. The summed E-state index contributed by atoms with van der Waals surface area (Å²) in [6.45, 7) is 5.46. The van der Waals surface area contributed by atoms with Gasteiger partial charge in [0.25, 0.3) is 0 Å². The van der Waals surface area contributed by atoms with Crippen molar-refractivity contribution in [2.24, 2.45) is 4.99 Å². The van der Waals surface area contributed by atoms with Gasteiger partial charge in [0, 0.05) is 12.4 Å². The maximum Gasteiger partial charge on any atom is 0.350 e. The van der Waals surface area contributed by atoms with Crippen molar-refractivity contribution in [3.8, 4) is 0 Å². The number of halogens is 1. The number of hydrogen-bond acceptors (Lipinski definition) is 5. The Kier molecular flexibility index (Phi) is 2.87. The van der Waals surface area contributed by atoms with Crippen LogP contribution < -0.4 is 5.32 Å². The van der Waals surface area contributed by atoms with E-state index in [0.717, 1.165) is 0 Å². The van der Waals surface area contributed by atoms with E-state index in [1.807, 2.05) is 20.8 Å². The van der Waals surface area contributed by atoms with Gasteiger partial charge in [-0.05, 0) is 26.8 Å². The minimum Gasteiger partial charge on any atom is -0.457 e. The van der Waals surface area contributed by atoms with Gasteiger partial charge in [0.2, 0.25) is 6.17 Å². The molecule has 1 N–H and O–H groups in total. The zero-order valence-corrected chi connectivity index (χ0v) is 10.7. The standard InChI is InChI=1S/C11H14ClN3O2/c1-11(2,3)17-10(16)9-14-6-8-13-5-4-7(12)15(8)9/h4-6,9,14H,1-3H3. The predicted octanol–water partition coefficient (Wildman–Crippen LogP) is 1.52. The van der Waals surface area contributed by atoms with E-state index in [4.69, 9.17) is 16.3 Å². The van der Waals surface area contributed by atoms with Crippen molar-refractivity contribution in [2.45, 2.75) is 32.5 Å². The number of fused-ring (bicyclic) bond motifs is 1. The van der Waals surface area contributed by atoms with E-state index in [9.17, 15) is 4.79 Å². The lowest BCUT2D eigenvalue weighted by atomic mass is 10.2. The van der Waals surface area contributed by atoms with Gasteiger partial charge in [0.1, 0.15) is 10.8 Å². The van der Waals surface area contributed by atoms with Crippen LogP contribution in [0.5, 0.6) is 0 Å². The smallest absolute Gasteiger partial charge is 0.350 e. The molecule has 0 spiro atoms. The van der Waals surface area contributed by atoms with Crippen LogP contribution in [0, 0.1) is 0 Å². The third-order valence-electron chi connectivity index (χ3n) is 2.15. The summed E-state index contributed by atoms with van der Waals surface area (Å²) >= 11 is 6.03. The van der Waals surface area contributed by atoms with E-state index >= 15 is 0 Å². The quantitative estimate of drug-likeness (QED) is 0.570. The summed E-state index contributed by atoms with van der Waals surface area (Å²) in [5.74, 6) is 0.223. The maximum absolute atomic E-state index is 12.0. The Labute approximate surface area is 105 Å². The van der Waals surface area contributed by atoms with Crippen LogP contribution in [0.3, 0.4) is 0 Å². The molecule has 92 valence electrons. The van der Waals surface area contributed by atoms with Gasteiger partial charge >= 0.3 is 5.97 Å². The molecular formula is C11H14ClN3O2. The van der Waals surface area contributed by atoms with Gasteiger partial charge in [0.15, 0.2) is 5.82 Å². The number of carbonyl (C=O) groups excluding carboxylic acids is 1. The van der Waals surface area contributed by atoms with E-state index in [-0.39, 0.29) is 5.97 Å². The molecule has 0 aromatic heterocycles. The number of aliphatic imine (C=N–C) groups is 1. The number of carbonyl (C=O) groups is 1. The topological polar surface area (TPSA) is 53.9 Å². The Morgan fingerprint density at radius 3 is 2.94 bits per heavy atom. The Hall–Kier alpha value is -1.49. The second-order valence-electron chi connectivity index (χ2n) is 4.74. The van der Waals surface area contributed by atoms with E-state index in [0.29, 0.717) is 11.0 Å². The van der Waals surface area contributed by atoms with Crippen molar-refractivity contribution < 1.29 is 9.53 Å². The number of hydrogen-bond donors (Lipinski definition) is 1. The second-order valence-corrected chi connectivity index (χ2v) is 5.13. The molecule has 1 unspecified atom stereocenters. The highest BCUT2D eigenvalue weighted by molar-refractivity contribution is 6.30. The molecule has 2 aliphatic rings. The minimum absolute atomic E-state index is 0.382. The van der Waals surface area contributed by atoms with Crippen LogP contribution in [0.1, 0.15) is 20.8 Å². The Bertz CT molecular complexity index is 434. The van der Waals surface area contributed by atoms with Gasteiger partial charge in [-0.2, -0.15) is 0 Å². The van der Waals surface area contributed by atoms with Gasteiger partial charge in [-0.3, -0.25) is 4.90 Å². The first-order valence-corrected chi connectivity index (χ1v) is 5.64. The van der Waals surface area contributed by atoms with Gasteiger partial charge in [0.05, 0.1) is 0 Å². The molecule has 2 rings (SSSR count). The number of rotatable bonds is 1. The monoisotopic (exact) mass is 255 g/mol. The molecule has 0 amide bonds. The maximum atomic E-state index is 12.0. The third kappa shape index (κ3) is 2.44. The zero-order valence-electron chi connectivity index (χ0n) is 9.90. The Balaban J connectivity index is 2.13. The average molecular weight is 256 g/mol. The first kappa shape index (κ1) is 12.0. The molecule has 0 aromatic carbocycles. The first-order valence-electron chi connectivity index (χ1n) is 5.27. The molecule has 0 saturated heterocycles. The van der Waals surface area contributed by atoms with Crippen molar-refractivity contribution >= 4 is 23.8 Å². The molecule has 1 atom stereocenters. The summed E-state index contributed by atoms with van der Waals surface area (Å²) < 4.78 is 5.30. The lowest BCUT2D eigenvalue weighted by Crippen LogP contribution is -2.46. The van der Waals surface area contributed by atoms with Gasteiger partial charge in [-0.1, -0.05) is 11.6 Å². The van der Waals surface area contributed by atoms with Crippen LogP contribution in [-0.2, 0) is 9.53 Å². The molecule has 0 aliphatic carbocycles. The van der Waals surface area contributed by atoms with E-state index in [1.165, 1.54) is 0 Å². The molecule has 0 radical (unpaired) electrons. The molecule has 0 aromatic rings. The van der Waals surface area contributed by atoms with Crippen LogP contribution in [-0.4, -0.2) is 28.9 Å². The molecule has 2 aliphatic heterocycles. The second kappa shape index (κ2) is 4.07. The van der Waals surface area contributed by atoms with Crippen LogP contribution in [0.2, 0.25) is 0 Å². The van der Waals surface area contributed by atoms with E-state index in [1.54, 1.807) is 23.4 Å². The molecule has 17 heavy (non-hydrogen) atoms. The highest BCUT2D eigenvalue weighted by Crippen LogP contribution is 2.27. The Morgan fingerprint density at radius 2 is 2.29 bits per heavy atom. The number of esters is 1. The largest absolute Gasteiger partial charge is 0.457 e. The van der Waals surface area contributed by atoms with Crippen molar-refractivity contribution in [1.82, 2.24) is 10.2 Å². The van der Waals surface area contributed by atoms with Crippen molar-refractivity contribution in [3.05, 3.63) is 23.3 Å². The van der Waals surface area contributed by atoms with Crippen LogP contribution >= 0.6 is 11.6 Å². The summed E-state index contributed by atoms with van der Waals surface area (Å²) in [5.41, 5.74) is -0.531. The SMILES string of the molecule is CC(C)(C)OC(=O)C1NC=C2N=CC=C(Cl)N21. The van der Waals surface area contributed by atoms with Crippen LogP contribution in [0.4, 0.5) is 0 Å². The normalized spacial score (nSPS) is 22.6. The average Bonchev–Trinajstić information content (AvgIpc) is 2.60. The summed E-state index contributed by atoms with van der Waals surface area (Å²) in [6, 6.07) is 0. The van der Waals surface area contributed by atoms with E-state index in [2.05, 4.69) is 10.3 Å². The lowest BCUT2D eigenvalue weighted by Gasteiger charge is -2.29. The van der Waals surface area contributed by atoms with Crippen molar-refractivity contribution in [3.63, 3.8) is 0 Å². The van der Waals surface area contributed by atoms with Crippen LogP contribution in [0.15, 0.2) is 28.2 Å². The highest BCUT2D eigenvalue weighted by Gasteiger charge is 2.37. The van der Waals surface area contributed by atoms with Crippen LogP contribution in [0.25, 0.3) is 0 Å². The minimum atomic E-state index is -0.648. The molecule has 6 heteroatoms. The molecule has 2 heterocycles. The molecule has 0 saturated carbocycles. The number of ether oxygens (including phenoxy) is 1. The molecule has 0 fully saturated rings. The molecule has 0 bridgehead atoms. The lowest BCUT2D eigenvalue weighted by molar-refractivity contribution is -0.160. The fourth-order valence-electron chi connectivity index (χ4n) is 1.55. The number of allylic oxidation sites excluding steroid dienone is 1. The summed E-state index contributed by atoms with van der Waals surface area (Å²) in [6.07, 6.45) is 4.21. The third-order valence-corrected chi connectivity index (χ3v) is 2.46. The summed E-state index contributed by atoms with van der Waals surface area (Å²) in [5, 5.41) is 3.34. The fraction of sp³-hybridized carbons (Fsp3) is 0.455. The molecule has 5 nitrogen and oxygen atoms in total. The summed E-state index contributed by atoms with van der Waals surface area (Å²) in [4.78, 5) is 17.7. The zero-order chi connectivity index (χ0) is 12.6. The number of nitrogens with zero attached hydrogens (tertiary/aromatic N) is 2. The first-order chi connectivity index (χ1) is 7.88. The van der Waals surface area contributed by atoms with Gasteiger partial charge in [-0.25, -0.2) is 9.79 Å². The van der Waals surface area contributed by atoms with Crippen molar-refractivity contribution in [2.75, 3.05) is 0 Å². The van der Waals surface area contributed by atoms with Crippen molar-refractivity contribution in [1.29, 1.82) is 0 Å². The predicted molar refractivity (Wildman–Crippen MR) is 65.1 cm³/mol. The van der Waals surface area contributed by atoms with Gasteiger partial charge < -0.3 is 10.1 Å². The fourth-order valence-corrected chi connectivity index (χ4v) is 1.79. The molecular weight excluding hydrogens is 242 g/mol. The highest BCUT2D eigenvalue weighted by atomic mass is 35.5.